The summed E-state index contributed by atoms with van der Waals surface area (Å²) in [7, 11) is 1.71. The zero-order valence-corrected chi connectivity index (χ0v) is 12.6. The maximum Gasteiger partial charge on any atom is 0.418 e. The van der Waals surface area contributed by atoms with Gasteiger partial charge in [-0.05, 0) is 19.1 Å². The molecule has 0 radical (unpaired) electrons. The predicted octanol–water partition coefficient (Wildman–Crippen LogP) is 2.95. The normalized spacial score (nSPS) is 13.0. The van der Waals surface area contributed by atoms with E-state index in [0.717, 1.165) is 17.8 Å². The molecule has 1 N–H and O–H groups in total. The van der Waals surface area contributed by atoms with Gasteiger partial charge in [-0.1, -0.05) is 23.9 Å². The molecule has 0 aliphatic carbocycles. The molecule has 0 aliphatic rings. The molecule has 5 nitrogen and oxygen atoms in total. The molecule has 0 fully saturated rings. The van der Waals surface area contributed by atoms with Crippen LogP contribution in [0.1, 0.15) is 12.5 Å². The quantitative estimate of drug-likeness (QED) is 0.876. The Morgan fingerprint density at radius 1 is 1.36 bits per heavy atom. The van der Waals surface area contributed by atoms with Crippen molar-refractivity contribution in [3.8, 4) is 0 Å². The Morgan fingerprint density at radius 3 is 2.64 bits per heavy atom. The highest BCUT2D eigenvalue weighted by Crippen LogP contribution is 2.35. The average Bonchev–Trinajstić information content (AvgIpc) is 2.83. The van der Waals surface area contributed by atoms with Gasteiger partial charge >= 0.3 is 6.18 Å². The lowest BCUT2D eigenvalue weighted by Crippen LogP contribution is -2.24. The third-order valence-corrected chi connectivity index (χ3v) is 3.96. The lowest BCUT2D eigenvalue weighted by atomic mass is 10.1. The number of para-hydroxylation sites is 1. The molecule has 1 unspecified atom stereocenters. The number of hydrogen-bond donors (Lipinski definition) is 1. The van der Waals surface area contributed by atoms with Gasteiger partial charge in [0.05, 0.1) is 16.5 Å². The van der Waals surface area contributed by atoms with Gasteiger partial charge in [-0.3, -0.25) is 4.79 Å². The number of rotatable bonds is 4. The van der Waals surface area contributed by atoms with E-state index in [1.807, 2.05) is 0 Å². The summed E-state index contributed by atoms with van der Waals surface area (Å²) in [5, 5.41) is 9.69. The van der Waals surface area contributed by atoms with Crippen molar-refractivity contribution >= 4 is 23.4 Å². The van der Waals surface area contributed by atoms with E-state index in [1.54, 1.807) is 18.5 Å². The van der Waals surface area contributed by atoms with Crippen molar-refractivity contribution < 1.29 is 18.0 Å². The number of hydrogen-bond acceptors (Lipinski definition) is 4. The number of halogens is 3. The summed E-state index contributed by atoms with van der Waals surface area (Å²) in [6.45, 7) is 1.59. The van der Waals surface area contributed by atoms with Crippen LogP contribution < -0.4 is 5.32 Å². The van der Waals surface area contributed by atoms with Crippen LogP contribution in [-0.2, 0) is 18.0 Å². The number of nitrogens with zero attached hydrogens (tertiary/aromatic N) is 3. The summed E-state index contributed by atoms with van der Waals surface area (Å²) in [5.74, 6) is -0.537. The number of carbonyl (C=O) groups excluding carboxylic acids is 1. The minimum atomic E-state index is -4.52. The van der Waals surface area contributed by atoms with Crippen LogP contribution in [0.25, 0.3) is 0 Å². The Hall–Kier alpha value is -2.03. The topological polar surface area (TPSA) is 59.8 Å². The maximum absolute atomic E-state index is 12.9. The number of amides is 1. The van der Waals surface area contributed by atoms with E-state index >= 15 is 0 Å². The molecule has 2 aromatic rings. The molecular formula is C13H13F3N4OS. The second-order valence-corrected chi connectivity index (χ2v) is 5.83. The number of alkyl halides is 3. The number of benzene rings is 1. The van der Waals surface area contributed by atoms with Crippen LogP contribution in [0, 0.1) is 0 Å². The van der Waals surface area contributed by atoms with Crippen LogP contribution in [0.4, 0.5) is 18.9 Å². The molecule has 118 valence electrons. The molecule has 0 saturated carbocycles. The van der Waals surface area contributed by atoms with E-state index in [9.17, 15) is 18.0 Å². The van der Waals surface area contributed by atoms with Crippen molar-refractivity contribution in [3.05, 3.63) is 36.2 Å². The molecule has 9 heteroatoms. The first-order chi connectivity index (χ1) is 10.3. The molecule has 1 amide bonds. The monoisotopic (exact) mass is 330 g/mol. The molecule has 1 heterocycles. The maximum atomic E-state index is 12.9. The summed E-state index contributed by atoms with van der Waals surface area (Å²) < 4.78 is 40.3. The molecule has 1 aromatic heterocycles. The number of carbonyl (C=O) groups is 1. The molecule has 0 spiro atoms. The third-order valence-electron chi connectivity index (χ3n) is 2.81. The van der Waals surface area contributed by atoms with Crippen LogP contribution in [-0.4, -0.2) is 25.9 Å². The van der Waals surface area contributed by atoms with Crippen molar-refractivity contribution in [2.75, 3.05) is 5.32 Å². The van der Waals surface area contributed by atoms with Gasteiger partial charge in [-0.25, -0.2) is 0 Å². The average molecular weight is 330 g/mol. The van der Waals surface area contributed by atoms with Crippen molar-refractivity contribution in [1.29, 1.82) is 0 Å². The van der Waals surface area contributed by atoms with E-state index in [0.29, 0.717) is 5.16 Å². The fourth-order valence-corrected chi connectivity index (χ4v) is 2.45. The van der Waals surface area contributed by atoms with Gasteiger partial charge in [0.1, 0.15) is 6.33 Å². The Kier molecular flexibility index (Phi) is 4.74. The van der Waals surface area contributed by atoms with Gasteiger partial charge < -0.3 is 9.88 Å². The molecule has 1 aromatic carbocycles. The van der Waals surface area contributed by atoms with Gasteiger partial charge in [-0.15, -0.1) is 10.2 Å². The van der Waals surface area contributed by atoms with Gasteiger partial charge in [0.15, 0.2) is 5.16 Å². The fourth-order valence-electron chi connectivity index (χ4n) is 1.66. The van der Waals surface area contributed by atoms with E-state index in [4.69, 9.17) is 0 Å². The second-order valence-electron chi connectivity index (χ2n) is 4.52. The molecule has 2 rings (SSSR count). The molecule has 1 atom stereocenters. The van der Waals surface area contributed by atoms with Crippen LogP contribution in [0.2, 0.25) is 0 Å². The van der Waals surface area contributed by atoms with Crippen LogP contribution in [0.3, 0.4) is 0 Å². The SMILES string of the molecule is CC(Sc1nncn1C)C(=O)Nc1ccccc1C(F)(F)F. The Balaban J connectivity index is 2.11. The lowest BCUT2D eigenvalue weighted by Gasteiger charge is -2.15. The molecule has 0 aliphatic heterocycles. The summed E-state index contributed by atoms with van der Waals surface area (Å²) in [6, 6.07) is 4.86. The molecule has 22 heavy (non-hydrogen) atoms. The highest BCUT2D eigenvalue weighted by atomic mass is 32.2. The third kappa shape index (κ3) is 3.79. The Labute approximate surface area is 128 Å². The van der Waals surface area contributed by atoms with E-state index in [1.165, 1.54) is 24.5 Å². The first-order valence-corrected chi connectivity index (χ1v) is 7.14. The van der Waals surface area contributed by atoms with Crippen molar-refractivity contribution in [2.45, 2.75) is 23.5 Å². The molecular weight excluding hydrogens is 317 g/mol. The van der Waals surface area contributed by atoms with Crippen molar-refractivity contribution in [2.24, 2.45) is 7.05 Å². The number of thioether (sulfide) groups is 1. The summed E-state index contributed by atoms with van der Waals surface area (Å²) >= 11 is 1.11. The summed E-state index contributed by atoms with van der Waals surface area (Å²) in [4.78, 5) is 12.1. The van der Waals surface area contributed by atoms with Crippen LogP contribution >= 0.6 is 11.8 Å². The second kappa shape index (κ2) is 6.39. The first-order valence-electron chi connectivity index (χ1n) is 6.27. The first kappa shape index (κ1) is 16.3. The predicted molar refractivity (Wildman–Crippen MR) is 76.4 cm³/mol. The van der Waals surface area contributed by atoms with Crippen molar-refractivity contribution in [3.63, 3.8) is 0 Å². The van der Waals surface area contributed by atoms with Crippen LogP contribution in [0.15, 0.2) is 35.7 Å². The Morgan fingerprint density at radius 2 is 2.05 bits per heavy atom. The molecule has 0 saturated heterocycles. The summed E-state index contributed by atoms with van der Waals surface area (Å²) in [5.41, 5.74) is -1.13. The zero-order chi connectivity index (χ0) is 16.3. The fraction of sp³-hybridized carbons (Fsp3) is 0.308. The van der Waals surface area contributed by atoms with Gasteiger partial charge in [0.2, 0.25) is 5.91 Å². The number of aromatic nitrogens is 3. The highest BCUT2D eigenvalue weighted by molar-refractivity contribution is 8.00. The smallest absolute Gasteiger partial charge is 0.325 e. The van der Waals surface area contributed by atoms with E-state index in [-0.39, 0.29) is 5.69 Å². The zero-order valence-electron chi connectivity index (χ0n) is 11.8. The largest absolute Gasteiger partial charge is 0.418 e. The minimum Gasteiger partial charge on any atom is -0.325 e. The van der Waals surface area contributed by atoms with Gasteiger partial charge in [-0.2, -0.15) is 13.2 Å². The van der Waals surface area contributed by atoms with E-state index < -0.39 is 22.9 Å². The highest BCUT2D eigenvalue weighted by Gasteiger charge is 2.34. The van der Waals surface area contributed by atoms with Gasteiger partial charge in [0.25, 0.3) is 0 Å². The van der Waals surface area contributed by atoms with Gasteiger partial charge in [0, 0.05) is 7.05 Å². The number of aryl methyl sites for hydroxylation is 1. The number of nitrogens with one attached hydrogen (secondary N) is 1. The minimum absolute atomic E-state index is 0.259. The summed E-state index contributed by atoms with van der Waals surface area (Å²) in [6.07, 6.45) is -3.05. The van der Waals surface area contributed by atoms with Crippen molar-refractivity contribution in [1.82, 2.24) is 14.8 Å². The molecule has 0 bridgehead atoms. The van der Waals surface area contributed by atoms with E-state index in [2.05, 4.69) is 15.5 Å². The standard InChI is InChI=1S/C13H13F3N4OS/c1-8(22-12-19-17-7-20(12)2)11(21)18-10-6-4-3-5-9(10)13(14,15)16/h3-8H,1-2H3,(H,18,21). The lowest BCUT2D eigenvalue weighted by molar-refractivity contribution is -0.137. The van der Waals surface area contributed by atoms with Crippen LogP contribution in [0.5, 0.6) is 0 Å². The Bertz CT molecular complexity index is 671. The number of anilines is 1.